The summed E-state index contributed by atoms with van der Waals surface area (Å²) in [7, 11) is 0. The number of anilines is 2. The molecule has 0 aliphatic carbocycles. The van der Waals surface area contributed by atoms with Gasteiger partial charge in [-0.1, -0.05) is 29.8 Å². The Morgan fingerprint density at radius 1 is 0.900 bits per heavy atom. The Bertz CT molecular complexity index is 935. The van der Waals surface area contributed by atoms with Gasteiger partial charge in [-0.2, -0.15) is 0 Å². The van der Waals surface area contributed by atoms with E-state index in [1.54, 1.807) is 4.90 Å². The quantitative estimate of drug-likeness (QED) is 0.798. The molecule has 0 saturated carbocycles. The van der Waals surface area contributed by atoms with E-state index in [2.05, 4.69) is 10.2 Å². The number of nitrogens with zero attached hydrogens (tertiary/aromatic N) is 3. The van der Waals surface area contributed by atoms with Gasteiger partial charge in [0.2, 0.25) is 0 Å². The molecule has 2 heterocycles. The maximum absolute atomic E-state index is 13.0. The Labute approximate surface area is 182 Å². The van der Waals surface area contributed by atoms with Crippen molar-refractivity contribution in [2.75, 3.05) is 49.5 Å². The van der Waals surface area contributed by atoms with E-state index < -0.39 is 0 Å². The first-order valence-corrected chi connectivity index (χ1v) is 10.9. The number of carbonyl (C=O) groups is 2. The first-order valence-electron chi connectivity index (χ1n) is 10.5. The van der Waals surface area contributed by atoms with Crippen molar-refractivity contribution in [1.29, 1.82) is 0 Å². The minimum Gasteiger partial charge on any atom is -0.368 e. The summed E-state index contributed by atoms with van der Waals surface area (Å²) >= 11 is 6.10. The van der Waals surface area contributed by atoms with E-state index in [0.717, 1.165) is 50.3 Å². The van der Waals surface area contributed by atoms with Crippen molar-refractivity contribution in [3.63, 3.8) is 0 Å². The van der Waals surface area contributed by atoms with Crippen molar-refractivity contribution in [2.45, 2.75) is 19.8 Å². The molecule has 0 radical (unpaired) electrons. The van der Waals surface area contributed by atoms with Gasteiger partial charge >= 0.3 is 6.03 Å². The second kappa shape index (κ2) is 8.96. The molecule has 7 heteroatoms. The zero-order chi connectivity index (χ0) is 21.1. The minimum absolute atomic E-state index is 0.00618. The summed E-state index contributed by atoms with van der Waals surface area (Å²) in [5.41, 5.74) is 3.15. The number of likely N-dealkylation sites (tertiary alicyclic amines) is 1. The third-order valence-electron chi connectivity index (χ3n) is 5.86. The van der Waals surface area contributed by atoms with Crippen LogP contribution in [0.25, 0.3) is 0 Å². The molecule has 0 unspecified atom stereocenters. The van der Waals surface area contributed by atoms with Gasteiger partial charge in [0, 0.05) is 50.0 Å². The van der Waals surface area contributed by atoms with Crippen molar-refractivity contribution < 1.29 is 9.59 Å². The number of hydrogen-bond donors (Lipinski definition) is 1. The molecule has 2 aliphatic rings. The number of aryl methyl sites for hydroxylation is 1. The fourth-order valence-corrected chi connectivity index (χ4v) is 4.35. The molecule has 0 aromatic heterocycles. The lowest BCUT2D eigenvalue weighted by Gasteiger charge is -2.36. The highest BCUT2D eigenvalue weighted by Crippen LogP contribution is 2.25. The van der Waals surface area contributed by atoms with Crippen LogP contribution in [0, 0.1) is 6.92 Å². The molecule has 30 heavy (non-hydrogen) atoms. The summed E-state index contributed by atoms with van der Waals surface area (Å²) in [5, 5.41) is 3.70. The summed E-state index contributed by atoms with van der Waals surface area (Å²) in [6.45, 7) is 6.18. The van der Waals surface area contributed by atoms with Gasteiger partial charge in [-0.25, -0.2) is 4.79 Å². The van der Waals surface area contributed by atoms with Gasteiger partial charge in [0.1, 0.15) is 0 Å². The first-order chi connectivity index (χ1) is 14.5. The maximum Gasteiger partial charge on any atom is 0.321 e. The Hall–Kier alpha value is -2.73. The van der Waals surface area contributed by atoms with Gasteiger partial charge in [0.25, 0.3) is 5.91 Å². The number of hydrogen-bond acceptors (Lipinski definition) is 3. The Balaban J connectivity index is 1.42. The Kier molecular flexibility index (Phi) is 6.13. The average Bonchev–Trinajstić information content (AvgIpc) is 3.29. The SMILES string of the molecule is Cc1cccc(NC(=O)N2CCN(c3cccc(Cl)c3)CC2)c1C(=O)N1CCCC1. The van der Waals surface area contributed by atoms with E-state index in [9.17, 15) is 9.59 Å². The van der Waals surface area contributed by atoms with E-state index in [1.807, 2.05) is 54.3 Å². The van der Waals surface area contributed by atoms with Crippen LogP contribution in [0.1, 0.15) is 28.8 Å². The zero-order valence-corrected chi connectivity index (χ0v) is 18.0. The molecule has 1 N–H and O–H groups in total. The van der Waals surface area contributed by atoms with Crippen LogP contribution in [0.15, 0.2) is 42.5 Å². The lowest BCUT2D eigenvalue weighted by atomic mass is 10.1. The number of carbonyl (C=O) groups excluding carboxylic acids is 2. The average molecular weight is 427 g/mol. The van der Waals surface area contributed by atoms with Crippen molar-refractivity contribution in [1.82, 2.24) is 9.80 Å². The summed E-state index contributed by atoms with van der Waals surface area (Å²) in [6, 6.07) is 13.2. The van der Waals surface area contributed by atoms with Crippen molar-refractivity contribution in [3.8, 4) is 0 Å². The number of benzene rings is 2. The predicted molar refractivity (Wildman–Crippen MR) is 121 cm³/mol. The van der Waals surface area contributed by atoms with E-state index in [0.29, 0.717) is 29.4 Å². The van der Waals surface area contributed by atoms with Crippen molar-refractivity contribution >= 4 is 34.9 Å². The molecule has 2 aromatic rings. The molecule has 2 fully saturated rings. The minimum atomic E-state index is -0.165. The van der Waals surface area contributed by atoms with Crippen LogP contribution in [0.3, 0.4) is 0 Å². The molecule has 0 bridgehead atoms. The standard InChI is InChI=1S/C23H27ClN4O2/c1-17-6-4-9-20(21(17)22(29)27-10-2-3-11-27)25-23(30)28-14-12-26(13-15-28)19-8-5-7-18(24)16-19/h4-9,16H,2-3,10-15H2,1H3,(H,25,30). The van der Waals surface area contributed by atoms with Gasteiger partial charge in [-0.3, -0.25) is 4.79 Å². The summed E-state index contributed by atoms with van der Waals surface area (Å²) in [5.74, 6) is 0.00618. The van der Waals surface area contributed by atoms with Gasteiger partial charge in [-0.05, 0) is 49.6 Å². The van der Waals surface area contributed by atoms with E-state index >= 15 is 0 Å². The van der Waals surface area contributed by atoms with Gasteiger partial charge in [0.15, 0.2) is 0 Å². The molecule has 158 valence electrons. The molecular weight excluding hydrogens is 400 g/mol. The van der Waals surface area contributed by atoms with Crippen LogP contribution in [-0.2, 0) is 0 Å². The molecule has 2 saturated heterocycles. The summed E-state index contributed by atoms with van der Waals surface area (Å²) in [6.07, 6.45) is 2.08. The second-order valence-corrected chi connectivity index (χ2v) is 8.32. The largest absolute Gasteiger partial charge is 0.368 e. The monoisotopic (exact) mass is 426 g/mol. The zero-order valence-electron chi connectivity index (χ0n) is 17.2. The third-order valence-corrected chi connectivity index (χ3v) is 6.10. The number of urea groups is 1. The van der Waals surface area contributed by atoms with Crippen molar-refractivity contribution in [2.24, 2.45) is 0 Å². The van der Waals surface area contributed by atoms with E-state index in [4.69, 9.17) is 11.6 Å². The summed E-state index contributed by atoms with van der Waals surface area (Å²) < 4.78 is 0. The highest BCUT2D eigenvalue weighted by molar-refractivity contribution is 6.30. The molecule has 2 aromatic carbocycles. The van der Waals surface area contributed by atoms with Gasteiger partial charge in [-0.15, -0.1) is 0 Å². The number of piperazine rings is 1. The third kappa shape index (κ3) is 4.38. The lowest BCUT2D eigenvalue weighted by Crippen LogP contribution is -2.50. The van der Waals surface area contributed by atoms with Crippen LogP contribution in [0.2, 0.25) is 5.02 Å². The highest BCUT2D eigenvalue weighted by Gasteiger charge is 2.26. The maximum atomic E-state index is 13.0. The molecule has 6 nitrogen and oxygen atoms in total. The Morgan fingerprint density at radius 2 is 1.60 bits per heavy atom. The predicted octanol–water partition coefficient (Wildman–Crippen LogP) is 4.24. The summed E-state index contributed by atoms with van der Waals surface area (Å²) in [4.78, 5) is 31.8. The number of nitrogens with one attached hydrogen (secondary N) is 1. The number of halogens is 1. The molecule has 0 spiro atoms. The second-order valence-electron chi connectivity index (χ2n) is 7.88. The van der Waals surface area contributed by atoms with E-state index in [-0.39, 0.29) is 11.9 Å². The molecule has 2 aliphatic heterocycles. The van der Waals surface area contributed by atoms with Crippen molar-refractivity contribution in [3.05, 3.63) is 58.6 Å². The molecule has 0 atom stereocenters. The lowest BCUT2D eigenvalue weighted by molar-refractivity contribution is 0.0793. The van der Waals surface area contributed by atoms with Crippen LogP contribution in [-0.4, -0.2) is 61.0 Å². The van der Waals surface area contributed by atoms with Crippen LogP contribution < -0.4 is 10.2 Å². The van der Waals surface area contributed by atoms with Gasteiger partial charge < -0.3 is 20.0 Å². The smallest absolute Gasteiger partial charge is 0.321 e. The fraction of sp³-hybridized carbons (Fsp3) is 0.391. The van der Waals surface area contributed by atoms with Gasteiger partial charge in [0.05, 0.1) is 11.3 Å². The fourth-order valence-electron chi connectivity index (χ4n) is 4.17. The Morgan fingerprint density at radius 3 is 2.30 bits per heavy atom. The normalized spacial score (nSPS) is 16.7. The number of amides is 3. The highest BCUT2D eigenvalue weighted by atomic mass is 35.5. The number of rotatable bonds is 3. The molecular formula is C23H27ClN4O2. The van der Waals surface area contributed by atoms with Crippen LogP contribution in [0.4, 0.5) is 16.2 Å². The van der Waals surface area contributed by atoms with Crippen LogP contribution >= 0.6 is 11.6 Å². The topological polar surface area (TPSA) is 55.9 Å². The first kappa shape index (κ1) is 20.5. The van der Waals surface area contributed by atoms with E-state index in [1.165, 1.54) is 0 Å². The molecule has 4 rings (SSSR count). The molecule has 3 amide bonds. The van der Waals surface area contributed by atoms with Crippen LogP contribution in [0.5, 0.6) is 0 Å².